The summed E-state index contributed by atoms with van der Waals surface area (Å²) in [5, 5.41) is 2.17. The molecule has 2 heterocycles. The van der Waals surface area contributed by atoms with Crippen LogP contribution >= 0.6 is 0 Å². The molecule has 7 nitrogen and oxygen atoms in total. The highest BCUT2D eigenvalue weighted by Gasteiger charge is 2.75. The number of carbonyl (C=O) groups excluding carboxylic acids is 2. The van der Waals surface area contributed by atoms with Crippen molar-refractivity contribution in [3.8, 4) is 0 Å². The predicted octanol–water partition coefficient (Wildman–Crippen LogP) is -0.00650. The van der Waals surface area contributed by atoms with Crippen LogP contribution in [-0.2, 0) is 14.3 Å². The maximum absolute atomic E-state index is 12.0. The van der Waals surface area contributed by atoms with Gasteiger partial charge in [-0.25, -0.2) is 4.79 Å². The van der Waals surface area contributed by atoms with Crippen molar-refractivity contribution in [2.24, 2.45) is 0 Å². The Hall–Kier alpha value is -2.44. The van der Waals surface area contributed by atoms with Crippen molar-refractivity contribution in [1.82, 2.24) is 10.1 Å². The lowest BCUT2D eigenvalue weighted by Crippen LogP contribution is -2.30. The van der Waals surface area contributed by atoms with Crippen LogP contribution in [0.2, 0.25) is 0 Å². The molecule has 0 N–H and O–H groups in total. The van der Waals surface area contributed by atoms with E-state index in [2.05, 4.69) is 4.74 Å². The fourth-order valence-electron chi connectivity index (χ4n) is 2.13. The van der Waals surface area contributed by atoms with Gasteiger partial charge in [0.1, 0.15) is 0 Å². The van der Waals surface area contributed by atoms with Crippen molar-refractivity contribution in [3.05, 3.63) is 40.8 Å². The van der Waals surface area contributed by atoms with Crippen molar-refractivity contribution in [2.45, 2.75) is 12.2 Å². The van der Waals surface area contributed by atoms with Gasteiger partial charge in [0.25, 0.3) is 0 Å². The fourth-order valence-corrected chi connectivity index (χ4v) is 2.13. The van der Waals surface area contributed by atoms with E-state index in [9.17, 15) is 14.5 Å². The first-order valence-electron chi connectivity index (χ1n) is 5.38. The molecule has 0 saturated carbocycles. The molecule has 2 saturated heterocycles. The summed E-state index contributed by atoms with van der Waals surface area (Å²) in [6.07, 6.45) is -0.903. The minimum absolute atomic E-state index is 0.411. The second-order valence-electron chi connectivity index (χ2n) is 4.02. The van der Waals surface area contributed by atoms with Gasteiger partial charge in [-0.05, 0) is 0 Å². The van der Waals surface area contributed by atoms with Crippen LogP contribution in [0.5, 0.6) is 0 Å². The quantitative estimate of drug-likeness (QED) is 0.418. The summed E-state index contributed by atoms with van der Waals surface area (Å²) in [4.78, 5) is 35.8. The van der Waals surface area contributed by atoms with Gasteiger partial charge in [-0.2, -0.15) is 0 Å². The largest absolute Gasteiger partial charge is 0.466 e. The van der Waals surface area contributed by atoms with Crippen LogP contribution in [-0.4, -0.2) is 40.1 Å². The first-order chi connectivity index (χ1) is 8.66. The van der Waals surface area contributed by atoms with Crippen LogP contribution < -0.4 is 0 Å². The van der Waals surface area contributed by atoms with Crippen molar-refractivity contribution in [2.75, 3.05) is 7.11 Å². The smallest absolute Gasteiger partial charge is 0.360 e. The summed E-state index contributed by atoms with van der Waals surface area (Å²) >= 11 is 0. The van der Waals surface area contributed by atoms with Gasteiger partial charge in [0.05, 0.1) is 12.0 Å². The molecule has 2 aliphatic rings. The lowest BCUT2D eigenvalue weighted by Gasteiger charge is -2.02. The molecule has 0 bridgehead atoms. The maximum atomic E-state index is 12.0. The van der Waals surface area contributed by atoms with E-state index in [1.54, 1.807) is 30.3 Å². The van der Waals surface area contributed by atoms with E-state index < -0.39 is 24.1 Å². The number of nitroso groups, excluding NO2 is 1. The number of amides is 1. The lowest BCUT2D eigenvalue weighted by molar-refractivity contribution is -0.697. The number of ether oxygens (including phenoxy) is 1. The van der Waals surface area contributed by atoms with Crippen LogP contribution in [0.25, 0.3) is 0 Å². The molecule has 1 aromatic rings. The van der Waals surface area contributed by atoms with Gasteiger partial charge < -0.3 is 4.74 Å². The van der Waals surface area contributed by atoms with E-state index in [0.29, 0.717) is 10.4 Å². The molecular formula is C11H10N3O4+. The SMILES string of the molecule is COC(=O)C1N2C(=O)C(c3ccccc3)[N+](=O)N12. The van der Waals surface area contributed by atoms with E-state index in [4.69, 9.17) is 0 Å². The summed E-state index contributed by atoms with van der Waals surface area (Å²) in [6, 6.07) is 7.80. The number of rotatable bonds is 2. The number of hydrogen-bond donors (Lipinski definition) is 0. The molecule has 0 aromatic heterocycles. The zero-order chi connectivity index (χ0) is 12.9. The Labute approximate surface area is 102 Å². The third kappa shape index (κ3) is 1.24. The molecule has 2 unspecified atom stereocenters. The molecule has 2 aliphatic heterocycles. The van der Waals surface area contributed by atoms with E-state index in [0.717, 1.165) is 10.1 Å². The average molecular weight is 248 g/mol. The minimum Gasteiger partial charge on any atom is -0.466 e. The van der Waals surface area contributed by atoms with Crippen molar-refractivity contribution < 1.29 is 19.2 Å². The first kappa shape index (κ1) is 10.7. The van der Waals surface area contributed by atoms with Crippen LogP contribution in [0.1, 0.15) is 11.6 Å². The van der Waals surface area contributed by atoms with Crippen molar-refractivity contribution >= 4 is 11.9 Å². The molecule has 1 aromatic carbocycles. The average Bonchev–Trinajstić information content (AvgIpc) is 3.08. The number of esters is 1. The van der Waals surface area contributed by atoms with Gasteiger partial charge >= 0.3 is 24.1 Å². The molecule has 92 valence electrons. The highest BCUT2D eigenvalue weighted by Crippen LogP contribution is 2.41. The summed E-state index contributed by atoms with van der Waals surface area (Å²) in [7, 11) is 1.22. The topological polar surface area (TPSA) is 69.5 Å². The third-order valence-electron chi connectivity index (χ3n) is 3.03. The van der Waals surface area contributed by atoms with Gasteiger partial charge in [-0.15, -0.1) is 5.01 Å². The summed E-state index contributed by atoms with van der Waals surface area (Å²) < 4.78 is 4.51. The molecular weight excluding hydrogens is 238 g/mol. The van der Waals surface area contributed by atoms with Crippen LogP contribution in [0.3, 0.4) is 0 Å². The number of benzene rings is 1. The highest BCUT2D eigenvalue weighted by molar-refractivity contribution is 5.91. The molecule has 3 rings (SSSR count). The predicted molar refractivity (Wildman–Crippen MR) is 57.3 cm³/mol. The highest BCUT2D eigenvalue weighted by atomic mass is 16.5. The number of methoxy groups -OCH3 is 1. The molecule has 18 heavy (non-hydrogen) atoms. The van der Waals surface area contributed by atoms with E-state index >= 15 is 0 Å². The molecule has 0 aliphatic carbocycles. The molecule has 2 fully saturated rings. The van der Waals surface area contributed by atoms with Gasteiger partial charge in [0, 0.05) is 10.7 Å². The van der Waals surface area contributed by atoms with Crippen LogP contribution in [0.4, 0.5) is 0 Å². The van der Waals surface area contributed by atoms with Crippen LogP contribution in [0, 0.1) is 4.91 Å². The Balaban J connectivity index is 1.87. The monoisotopic (exact) mass is 248 g/mol. The number of nitrogens with zero attached hydrogens (tertiary/aromatic N) is 3. The van der Waals surface area contributed by atoms with Crippen molar-refractivity contribution in [3.63, 3.8) is 0 Å². The molecule has 1 amide bonds. The summed E-state index contributed by atoms with van der Waals surface area (Å²) in [6.45, 7) is 0. The Kier molecular flexibility index (Phi) is 2.09. The first-order valence-corrected chi connectivity index (χ1v) is 5.38. The fraction of sp³-hybridized carbons (Fsp3) is 0.273. The summed E-state index contributed by atoms with van der Waals surface area (Å²) in [5.74, 6) is -1.03. The lowest BCUT2D eigenvalue weighted by atomic mass is 10.1. The Morgan fingerprint density at radius 2 is 2.00 bits per heavy atom. The molecule has 0 radical (unpaired) electrons. The Bertz CT molecular complexity index is 522. The van der Waals surface area contributed by atoms with Crippen LogP contribution in [0.15, 0.2) is 30.3 Å². The number of carbonyl (C=O) groups is 2. The Morgan fingerprint density at radius 1 is 1.33 bits per heavy atom. The molecule has 2 atom stereocenters. The Morgan fingerprint density at radius 3 is 2.50 bits per heavy atom. The zero-order valence-electron chi connectivity index (χ0n) is 9.52. The van der Waals surface area contributed by atoms with E-state index in [-0.39, 0.29) is 0 Å². The number of fused-ring (bicyclic) bond motifs is 1. The zero-order valence-corrected chi connectivity index (χ0v) is 9.52. The van der Waals surface area contributed by atoms with Gasteiger partial charge in [-0.1, -0.05) is 30.3 Å². The normalized spacial score (nSPS) is 25.2. The second-order valence-corrected chi connectivity index (χ2v) is 4.02. The van der Waals surface area contributed by atoms with Gasteiger partial charge in [0.2, 0.25) is 0 Å². The summed E-state index contributed by atoms with van der Waals surface area (Å²) in [5.41, 5.74) is 0.605. The maximum Gasteiger partial charge on any atom is 0.360 e. The van der Waals surface area contributed by atoms with Gasteiger partial charge in [-0.3, -0.25) is 4.79 Å². The second kappa shape index (κ2) is 3.52. The van der Waals surface area contributed by atoms with Crippen molar-refractivity contribution in [1.29, 1.82) is 0 Å². The van der Waals surface area contributed by atoms with E-state index in [1.165, 1.54) is 7.11 Å². The molecule has 7 heteroatoms. The molecule has 0 spiro atoms. The minimum atomic E-state index is -0.910. The number of hydrazine groups is 2. The standard InChI is InChI=1S/C11H10N3O4/c1-18-11(16)9-12-10(15)8(14(17)13(9)12)7-5-3-2-4-6-7/h2-6,8-9H,1H3/q+1. The third-order valence-corrected chi connectivity index (χ3v) is 3.03. The van der Waals surface area contributed by atoms with E-state index in [1.807, 2.05) is 0 Å². The number of hydrogen-bond acceptors (Lipinski definition) is 4. The van der Waals surface area contributed by atoms with Gasteiger partial charge in [0.15, 0.2) is 4.87 Å².